The molecule has 0 bridgehead atoms. The number of hydrogen-bond donors (Lipinski definition) is 1. The molecule has 41 heavy (non-hydrogen) atoms. The normalized spacial score (nSPS) is 18.7. The minimum atomic E-state index is -4.96. The molecule has 1 aliphatic rings. The third-order valence-corrected chi connectivity index (χ3v) is 6.38. The molecule has 3 nitrogen and oxygen atoms in total. The molecule has 0 aromatic heterocycles. The summed E-state index contributed by atoms with van der Waals surface area (Å²) < 4.78 is 141. The first-order valence-electron chi connectivity index (χ1n) is 12.2. The first-order chi connectivity index (χ1) is 18.8. The number of alkyl halides is 9. The molecule has 3 atom stereocenters. The van der Waals surface area contributed by atoms with E-state index < -0.39 is 59.3 Å². The molecule has 1 aliphatic carbocycles. The third kappa shape index (κ3) is 8.04. The Morgan fingerprint density at radius 2 is 1.54 bits per heavy atom. The Morgan fingerprint density at radius 3 is 2.07 bits per heavy atom. The Morgan fingerprint density at radius 1 is 0.902 bits per heavy atom. The summed E-state index contributed by atoms with van der Waals surface area (Å²) in [6.45, 7) is 3.51. The number of hydrogen-bond acceptors (Lipinski definition) is 3. The molecule has 2 aromatic carbocycles. The van der Waals surface area contributed by atoms with Crippen molar-refractivity contribution in [2.45, 2.75) is 50.8 Å². The summed E-state index contributed by atoms with van der Waals surface area (Å²) in [6.07, 6.45) is -13.7. The van der Waals surface area contributed by atoms with Gasteiger partial charge in [-0.2, -0.15) is 39.5 Å². The van der Waals surface area contributed by atoms with Crippen molar-refractivity contribution in [3.63, 3.8) is 0 Å². The number of rotatable bonds is 7. The van der Waals surface area contributed by atoms with Gasteiger partial charge >= 0.3 is 24.5 Å². The number of ether oxygens (including phenoxy) is 1. The second kappa shape index (κ2) is 11.8. The number of esters is 1. The molecule has 0 radical (unpaired) electrons. The van der Waals surface area contributed by atoms with Gasteiger partial charge in [0.1, 0.15) is 5.82 Å². The standard InChI is InChI=1S/C28H25F10NO2/c1-14(2)6-22(25(40)41-3)17-7-15(16-8-19(27(33,34)35)12-20(29)9-16)10-21(11-17)39-24-13-18(26(30,31)32)4-5-23(24)28(36,37)38/h4-5,7-14,22-24,39H,6H2,1-3H3. The molecule has 0 saturated heterocycles. The van der Waals surface area contributed by atoms with Crippen LogP contribution in [0.15, 0.2) is 60.2 Å². The average Bonchev–Trinajstić information content (AvgIpc) is 2.84. The molecule has 1 N–H and O–H groups in total. The summed E-state index contributed by atoms with van der Waals surface area (Å²) in [5.41, 5.74) is -3.26. The van der Waals surface area contributed by atoms with E-state index in [1.165, 1.54) is 12.1 Å². The van der Waals surface area contributed by atoms with Crippen LogP contribution in [0.2, 0.25) is 0 Å². The topological polar surface area (TPSA) is 38.3 Å². The van der Waals surface area contributed by atoms with Crippen LogP contribution >= 0.6 is 0 Å². The number of methoxy groups -OCH3 is 1. The fraction of sp³-hybridized carbons (Fsp3) is 0.393. The number of anilines is 1. The molecule has 0 amide bonds. The predicted molar refractivity (Wildman–Crippen MR) is 131 cm³/mol. The maximum Gasteiger partial charge on any atom is 0.416 e. The van der Waals surface area contributed by atoms with Crippen molar-refractivity contribution >= 4 is 11.7 Å². The van der Waals surface area contributed by atoms with Gasteiger partial charge in [0.15, 0.2) is 0 Å². The van der Waals surface area contributed by atoms with E-state index in [1.54, 1.807) is 13.8 Å². The maximum atomic E-state index is 14.2. The van der Waals surface area contributed by atoms with Gasteiger partial charge in [-0.05, 0) is 65.4 Å². The molecule has 3 unspecified atom stereocenters. The maximum absolute atomic E-state index is 14.2. The van der Waals surface area contributed by atoms with Crippen LogP contribution in [0.4, 0.5) is 49.6 Å². The molecule has 0 fully saturated rings. The van der Waals surface area contributed by atoms with Gasteiger partial charge in [-0.3, -0.25) is 4.79 Å². The quantitative estimate of drug-likeness (QED) is 0.256. The van der Waals surface area contributed by atoms with Gasteiger partial charge in [-0.25, -0.2) is 4.39 Å². The molecule has 224 valence electrons. The van der Waals surface area contributed by atoms with Gasteiger partial charge in [-0.15, -0.1) is 0 Å². The van der Waals surface area contributed by atoms with Gasteiger partial charge < -0.3 is 10.1 Å². The second-order valence-corrected chi connectivity index (χ2v) is 9.99. The van der Waals surface area contributed by atoms with E-state index in [4.69, 9.17) is 4.74 Å². The number of nitrogens with one attached hydrogen (secondary N) is 1. The molecule has 3 rings (SSSR count). The number of allylic oxidation sites excluding steroid dienone is 2. The third-order valence-electron chi connectivity index (χ3n) is 6.38. The lowest BCUT2D eigenvalue weighted by Gasteiger charge is -2.30. The lowest BCUT2D eigenvalue weighted by molar-refractivity contribution is -0.163. The highest BCUT2D eigenvalue weighted by Gasteiger charge is 2.46. The smallest absolute Gasteiger partial charge is 0.416 e. The van der Waals surface area contributed by atoms with Crippen LogP contribution in [-0.4, -0.2) is 31.5 Å². The van der Waals surface area contributed by atoms with Gasteiger partial charge in [0.25, 0.3) is 0 Å². The zero-order chi connectivity index (χ0) is 30.9. The van der Waals surface area contributed by atoms with Crippen LogP contribution in [0.5, 0.6) is 0 Å². The van der Waals surface area contributed by atoms with E-state index in [1.807, 2.05) is 0 Å². The summed E-state index contributed by atoms with van der Waals surface area (Å²) in [5.74, 6) is -5.57. The van der Waals surface area contributed by atoms with Crippen molar-refractivity contribution in [1.29, 1.82) is 0 Å². The Kier molecular flexibility index (Phi) is 9.19. The van der Waals surface area contributed by atoms with Crippen LogP contribution in [0.25, 0.3) is 11.1 Å². The molecule has 2 aromatic rings. The van der Waals surface area contributed by atoms with Gasteiger partial charge in [-0.1, -0.05) is 32.1 Å². The summed E-state index contributed by atoms with van der Waals surface area (Å²) in [6, 6.07) is 3.22. The summed E-state index contributed by atoms with van der Waals surface area (Å²) in [5, 5.41) is 2.40. The summed E-state index contributed by atoms with van der Waals surface area (Å²) in [7, 11) is 1.09. The first-order valence-corrected chi connectivity index (χ1v) is 12.2. The molecule has 13 heteroatoms. The van der Waals surface area contributed by atoms with Gasteiger partial charge in [0, 0.05) is 5.69 Å². The highest BCUT2D eigenvalue weighted by molar-refractivity contribution is 5.80. The summed E-state index contributed by atoms with van der Waals surface area (Å²) >= 11 is 0. The van der Waals surface area contributed by atoms with E-state index in [0.717, 1.165) is 19.2 Å². The van der Waals surface area contributed by atoms with Crippen molar-refractivity contribution in [1.82, 2.24) is 0 Å². The van der Waals surface area contributed by atoms with E-state index in [2.05, 4.69) is 5.32 Å². The number of carbonyl (C=O) groups excluding carboxylic acids is 1. The fourth-order valence-corrected chi connectivity index (χ4v) is 4.51. The monoisotopic (exact) mass is 597 g/mol. The van der Waals surface area contributed by atoms with Crippen LogP contribution < -0.4 is 5.32 Å². The van der Waals surface area contributed by atoms with Gasteiger partial charge in [0.2, 0.25) is 0 Å². The molecule has 0 spiro atoms. The lowest BCUT2D eigenvalue weighted by Crippen LogP contribution is -2.39. The lowest BCUT2D eigenvalue weighted by atomic mass is 9.87. The van der Waals surface area contributed by atoms with Crippen LogP contribution in [-0.2, 0) is 15.7 Å². The van der Waals surface area contributed by atoms with E-state index in [9.17, 15) is 48.7 Å². The SMILES string of the molecule is COC(=O)C(CC(C)C)c1cc(NC2C=C(C(F)(F)F)C=CC2C(F)(F)F)cc(-c2cc(F)cc(C(F)(F)F)c2)c1. The van der Waals surface area contributed by atoms with Crippen molar-refractivity contribution in [2.24, 2.45) is 11.8 Å². The van der Waals surface area contributed by atoms with Crippen LogP contribution in [0.1, 0.15) is 37.3 Å². The van der Waals surface area contributed by atoms with Crippen molar-refractivity contribution in [3.05, 3.63) is 77.1 Å². The Bertz CT molecular complexity index is 1320. The zero-order valence-electron chi connectivity index (χ0n) is 21.8. The average molecular weight is 597 g/mol. The van der Waals surface area contributed by atoms with E-state index >= 15 is 0 Å². The number of benzene rings is 2. The molecular formula is C28H25F10NO2. The molecular weight excluding hydrogens is 572 g/mol. The largest absolute Gasteiger partial charge is 0.469 e. The molecule has 0 aliphatic heterocycles. The predicted octanol–water partition coefficient (Wildman–Crippen LogP) is 8.83. The minimum Gasteiger partial charge on any atom is -0.469 e. The number of carbonyl (C=O) groups is 1. The first kappa shape index (κ1) is 32.0. The highest BCUT2D eigenvalue weighted by atomic mass is 19.4. The van der Waals surface area contributed by atoms with Crippen LogP contribution in [0.3, 0.4) is 0 Å². The van der Waals surface area contributed by atoms with E-state index in [-0.39, 0.29) is 40.8 Å². The minimum absolute atomic E-state index is 0.0957. The fourth-order valence-electron chi connectivity index (χ4n) is 4.51. The summed E-state index contributed by atoms with van der Waals surface area (Å²) in [4.78, 5) is 12.6. The van der Waals surface area contributed by atoms with Crippen molar-refractivity contribution < 1.29 is 53.4 Å². The zero-order valence-corrected chi connectivity index (χ0v) is 21.8. The molecule has 0 saturated carbocycles. The Labute approximate surface area is 228 Å². The van der Waals surface area contributed by atoms with Crippen molar-refractivity contribution in [2.75, 3.05) is 12.4 Å². The molecule has 0 heterocycles. The Balaban J connectivity index is 2.23. The van der Waals surface area contributed by atoms with Gasteiger partial charge in [0.05, 0.1) is 36.1 Å². The van der Waals surface area contributed by atoms with Crippen molar-refractivity contribution in [3.8, 4) is 11.1 Å². The number of halogens is 10. The highest BCUT2D eigenvalue weighted by Crippen LogP contribution is 2.40. The van der Waals surface area contributed by atoms with E-state index in [0.29, 0.717) is 24.3 Å². The van der Waals surface area contributed by atoms with Crippen LogP contribution in [0, 0.1) is 17.7 Å². The Hall–Kier alpha value is -3.51. The second-order valence-electron chi connectivity index (χ2n) is 9.99.